The molecule has 0 atom stereocenters. The van der Waals surface area contributed by atoms with Crippen molar-refractivity contribution in [1.82, 2.24) is 20.2 Å². The Bertz CT molecular complexity index is 686. The Kier molecular flexibility index (Phi) is 3.10. The van der Waals surface area contributed by atoms with Crippen molar-refractivity contribution in [3.05, 3.63) is 41.0 Å². The average molecular weight is 271 g/mol. The zero-order valence-electron chi connectivity index (χ0n) is 10.4. The van der Waals surface area contributed by atoms with E-state index in [4.69, 9.17) is 5.73 Å². The van der Waals surface area contributed by atoms with E-state index in [1.54, 1.807) is 11.3 Å². The maximum Gasteiger partial charge on any atom is 0.181 e. The minimum atomic E-state index is 0.450. The molecule has 0 aliphatic rings. The molecule has 2 heterocycles. The summed E-state index contributed by atoms with van der Waals surface area (Å²) in [5.74, 6) is 1.44. The molecular formula is C13H13N5S. The van der Waals surface area contributed by atoms with Gasteiger partial charge in [0.25, 0.3) is 0 Å². The van der Waals surface area contributed by atoms with Gasteiger partial charge in [-0.05, 0) is 6.92 Å². The highest BCUT2D eigenvalue weighted by atomic mass is 32.1. The van der Waals surface area contributed by atoms with E-state index in [9.17, 15) is 0 Å². The number of benzene rings is 1. The third-order valence-electron chi connectivity index (χ3n) is 2.75. The zero-order valence-corrected chi connectivity index (χ0v) is 11.2. The van der Waals surface area contributed by atoms with E-state index in [-0.39, 0.29) is 0 Å². The highest BCUT2D eigenvalue weighted by Crippen LogP contribution is 2.28. The molecule has 0 aliphatic heterocycles. The second kappa shape index (κ2) is 4.91. The van der Waals surface area contributed by atoms with Gasteiger partial charge in [-0.3, -0.25) is 5.10 Å². The van der Waals surface area contributed by atoms with E-state index < -0.39 is 0 Å². The topological polar surface area (TPSA) is 80.5 Å². The standard InChI is InChI=1S/C13H13N5S/c1-8-11(19-10(7-14)15-8)13-16-12(17-18-13)9-5-3-2-4-6-9/h2-6H,7,14H2,1H3,(H,16,17,18). The van der Waals surface area contributed by atoms with E-state index in [1.807, 2.05) is 37.3 Å². The number of rotatable bonds is 3. The van der Waals surface area contributed by atoms with Gasteiger partial charge in [0.1, 0.15) is 5.01 Å². The van der Waals surface area contributed by atoms with E-state index in [2.05, 4.69) is 20.2 Å². The number of aromatic amines is 1. The van der Waals surface area contributed by atoms with Crippen LogP contribution in [-0.4, -0.2) is 20.2 Å². The Morgan fingerprint density at radius 3 is 2.68 bits per heavy atom. The van der Waals surface area contributed by atoms with Crippen LogP contribution in [0.2, 0.25) is 0 Å². The van der Waals surface area contributed by atoms with Crippen LogP contribution in [0.5, 0.6) is 0 Å². The molecule has 0 spiro atoms. The second-order valence-corrected chi connectivity index (χ2v) is 5.18. The van der Waals surface area contributed by atoms with Crippen molar-refractivity contribution in [2.45, 2.75) is 13.5 Å². The molecule has 3 rings (SSSR count). The number of thiazole rings is 1. The molecule has 0 radical (unpaired) electrons. The zero-order chi connectivity index (χ0) is 13.2. The molecule has 0 saturated carbocycles. The fourth-order valence-electron chi connectivity index (χ4n) is 1.84. The molecule has 0 fully saturated rings. The monoisotopic (exact) mass is 271 g/mol. The Labute approximate surface area is 114 Å². The van der Waals surface area contributed by atoms with Gasteiger partial charge in [0, 0.05) is 12.1 Å². The molecule has 96 valence electrons. The van der Waals surface area contributed by atoms with Gasteiger partial charge in [0.05, 0.1) is 10.6 Å². The Balaban J connectivity index is 1.99. The molecule has 0 aliphatic carbocycles. The van der Waals surface area contributed by atoms with Crippen molar-refractivity contribution in [3.8, 4) is 22.1 Å². The maximum atomic E-state index is 5.61. The first kappa shape index (κ1) is 12.0. The van der Waals surface area contributed by atoms with Gasteiger partial charge in [0.2, 0.25) is 0 Å². The van der Waals surface area contributed by atoms with Gasteiger partial charge >= 0.3 is 0 Å². The van der Waals surface area contributed by atoms with Crippen LogP contribution >= 0.6 is 11.3 Å². The van der Waals surface area contributed by atoms with Gasteiger partial charge in [-0.15, -0.1) is 11.3 Å². The molecule has 3 N–H and O–H groups in total. The van der Waals surface area contributed by atoms with Crippen LogP contribution in [0.15, 0.2) is 30.3 Å². The highest BCUT2D eigenvalue weighted by molar-refractivity contribution is 7.15. The van der Waals surface area contributed by atoms with Gasteiger partial charge in [0.15, 0.2) is 11.6 Å². The Morgan fingerprint density at radius 1 is 1.21 bits per heavy atom. The number of nitrogens with one attached hydrogen (secondary N) is 1. The Morgan fingerprint density at radius 2 is 2.00 bits per heavy atom. The van der Waals surface area contributed by atoms with Crippen LogP contribution in [-0.2, 0) is 6.54 Å². The minimum absolute atomic E-state index is 0.450. The molecule has 0 saturated heterocycles. The molecule has 6 heteroatoms. The largest absolute Gasteiger partial charge is 0.325 e. The van der Waals surface area contributed by atoms with Crippen LogP contribution in [0.25, 0.3) is 22.1 Å². The van der Waals surface area contributed by atoms with Crippen molar-refractivity contribution < 1.29 is 0 Å². The lowest BCUT2D eigenvalue weighted by atomic mass is 10.2. The first-order valence-electron chi connectivity index (χ1n) is 5.92. The predicted octanol–water partition coefficient (Wildman–Crippen LogP) is 2.36. The maximum absolute atomic E-state index is 5.61. The first-order chi connectivity index (χ1) is 9.28. The molecule has 2 aromatic heterocycles. The number of hydrogen-bond acceptors (Lipinski definition) is 5. The quantitative estimate of drug-likeness (QED) is 0.766. The number of aryl methyl sites for hydroxylation is 1. The summed E-state index contributed by atoms with van der Waals surface area (Å²) in [6.07, 6.45) is 0. The minimum Gasteiger partial charge on any atom is -0.325 e. The third kappa shape index (κ3) is 2.27. The van der Waals surface area contributed by atoms with E-state index in [0.717, 1.165) is 27.0 Å². The summed E-state index contributed by atoms with van der Waals surface area (Å²) < 4.78 is 0. The summed E-state index contributed by atoms with van der Waals surface area (Å²) in [6.45, 7) is 2.40. The van der Waals surface area contributed by atoms with Crippen LogP contribution in [0.3, 0.4) is 0 Å². The molecular weight excluding hydrogens is 258 g/mol. The summed E-state index contributed by atoms with van der Waals surface area (Å²) >= 11 is 1.55. The summed E-state index contributed by atoms with van der Waals surface area (Å²) in [4.78, 5) is 9.91. The molecule has 0 bridgehead atoms. The number of nitrogens with two attached hydrogens (primary N) is 1. The summed E-state index contributed by atoms with van der Waals surface area (Å²) in [5.41, 5.74) is 7.53. The fourth-order valence-corrected chi connectivity index (χ4v) is 2.72. The number of hydrogen-bond donors (Lipinski definition) is 2. The lowest BCUT2D eigenvalue weighted by Crippen LogP contribution is -1.94. The van der Waals surface area contributed by atoms with Crippen LogP contribution in [0, 0.1) is 6.92 Å². The number of nitrogens with zero attached hydrogens (tertiary/aromatic N) is 3. The SMILES string of the molecule is Cc1nc(CN)sc1-c1nc(-c2ccccc2)n[nH]1. The fraction of sp³-hybridized carbons (Fsp3) is 0.154. The van der Waals surface area contributed by atoms with Gasteiger partial charge < -0.3 is 5.73 Å². The van der Waals surface area contributed by atoms with Crippen molar-refractivity contribution in [1.29, 1.82) is 0 Å². The van der Waals surface area contributed by atoms with Gasteiger partial charge in [-0.2, -0.15) is 5.10 Å². The lowest BCUT2D eigenvalue weighted by molar-refractivity contribution is 1.02. The number of aromatic nitrogens is 4. The van der Waals surface area contributed by atoms with Crippen LogP contribution in [0.1, 0.15) is 10.7 Å². The van der Waals surface area contributed by atoms with E-state index in [0.29, 0.717) is 12.4 Å². The van der Waals surface area contributed by atoms with Gasteiger partial charge in [-0.25, -0.2) is 9.97 Å². The van der Waals surface area contributed by atoms with Gasteiger partial charge in [-0.1, -0.05) is 30.3 Å². The third-order valence-corrected chi connectivity index (χ3v) is 3.93. The molecule has 19 heavy (non-hydrogen) atoms. The Hall–Kier alpha value is -2.05. The second-order valence-electron chi connectivity index (χ2n) is 4.10. The van der Waals surface area contributed by atoms with E-state index >= 15 is 0 Å². The van der Waals surface area contributed by atoms with Crippen LogP contribution < -0.4 is 5.73 Å². The highest BCUT2D eigenvalue weighted by Gasteiger charge is 2.13. The van der Waals surface area contributed by atoms with E-state index in [1.165, 1.54) is 0 Å². The molecule has 0 amide bonds. The smallest absolute Gasteiger partial charge is 0.181 e. The summed E-state index contributed by atoms with van der Waals surface area (Å²) in [6, 6.07) is 9.87. The van der Waals surface area contributed by atoms with Crippen molar-refractivity contribution in [3.63, 3.8) is 0 Å². The molecule has 0 unspecified atom stereocenters. The molecule has 3 aromatic rings. The molecule has 1 aromatic carbocycles. The lowest BCUT2D eigenvalue weighted by Gasteiger charge is -1.92. The average Bonchev–Trinajstić information content (AvgIpc) is 3.06. The summed E-state index contributed by atoms with van der Waals surface area (Å²) in [7, 11) is 0. The van der Waals surface area contributed by atoms with Crippen molar-refractivity contribution in [2.75, 3.05) is 0 Å². The predicted molar refractivity (Wildman–Crippen MR) is 75.6 cm³/mol. The van der Waals surface area contributed by atoms with Crippen molar-refractivity contribution >= 4 is 11.3 Å². The van der Waals surface area contributed by atoms with Crippen LogP contribution in [0.4, 0.5) is 0 Å². The summed E-state index contributed by atoms with van der Waals surface area (Å²) in [5, 5.41) is 8.13. The van der Waals surface area contributed by atoms with Crippen molar-refractivity contribution in [2.24, 2.45) is 5.73 Å². The normalized spacial score (nSPS) is 10.8. The first-order valence-corrected chi connectivity index (χ1v) is 6.74. The molecule has 5 nitrogen and oxygen atoms in total. The number of H-pyrrole nitrogens is 1.